The van der Waals surface area contributed by atoms with Gasteiger partial charge in [-0.2, -0.15) is 4.98 Å². The average Bonchev–Trinajstić information content (AvgIpc) is 2.83. The smallest absolute Gasteiger partial charge is 0.240 e. The Balaban J connectivity index is 1.57. The maximum Gasteiger partial charge on any atom is 0.240 e. The Morgan fingerprint density at radius 1 is 1.47 bits per heavy atom. The number of hydrogen-bond donors (Lipinski definition) is 1. The van der Waals surface area contributed by atoms with Gasteiger partial charge in [0.05, 0.1) is 6.54 Å². The van der Waals surface area contributed by atoms with Crippen molar-refractivity contribution in [3.05, 3.63) is 11.7 Å². The normalized spacial score (nSPS) is 28.8. The molecule has 3 rings (SSSR count). The SMILES string of the molecule is CC1(c2noc(CNCC3CC3)n2)CCCO1. The van der Waals surface area contributed by atoms with Gasteiger partial charge in [0, 0.05) is 6.61 Å². The standard InChI is InChI=1S/C12H19N3O2/c1-12(5-2-6-16-12)11-14-10(17-15-11)8-13-7-9-3-4-9/h9,13H,2-8H2,1H3. The molecule has 0 spiro atoms. The summed E-state index contributed by atoms with van der Waals surface area (Å²) in [5.41, 5.74) is -0.335. The van der Waals surface area contributed by atoms with Crippen LogP contribution in [0.5, 0.6) is 0 Å². The van der Waals surface area contributed by atoms with E-state index in [0.29, 0.717) is 18.3 Å². The van der Waals surface area contributed by atoms with Crippen molar-refractivity contribution in [2.45, 2.75) is 44.8 Å². The highest BCUT2D eigenvalue weighted by Crippen LogP contribution is 2.33. The van der Waals surface area contributed by atoms with Gasteiger partial charge in [-0.25, -0.2) is 0 Å². The molecule has 0 bridgehead atoms. The zero-order valence-corrected chi connectivity index (χ0v) is 10.2. The van der Waals surface area contributed by atoms with E-state index in [-0.39, 0.29) is 5.60 Å². The fourth-order valence-corrected chi connectivity index (χ4v) is 2.20. The topological polar surface area (TPSA) is 60.2 Å². The van der Waals surface area contributed by atoms with Gasteiger partial charge >= 0.3 is 0 Å². The van der Waals surface area contributed by atoms with Gasteiger partial charge in [0.25, 0.3) is 0 Å². The van der Waals surface area contributed by atoms with E-state index >= 15 is 0 Å². The Morgan fingerprint density at radius 2 is 2.35 bits per heavy atom. The van der Waals surface area contributed by atoms with Crippen LogP contribution in [0.1, 0.15) is 44.3 Å². The van der Waals surface area contributed by atoms with Crippen molar-refractivity contribution in [2.75, 3.05) is 13.2 Å². The molecule has 0 aromatic carbocycles. The summed E-state index contributed by atoms with van der Waals surface area (Å²) < 4.78 is 10.9. The largest absolute Gasteiger partial charge is 0.367 e. The van der Waals surface area contributed by atoms with E-state index in [1.165, 1.54) is 12.8 Å². The summed E-state index contributed by atoms with van der Waals surface area (Å²) in [5.74, 6) is 2.23. The van der Waals surface area contributed by atoms with Crippen LogP contribution in [0.25, 0.3) is 0 Å². The summed E-state index contributed by atoms with van der Waals surface area (Å²) in [6, 6.07) is 0. The van der Waals surface area contributed by atoms with Crippen LogP contribution < -0.4 is 5.32 Å². The fourth-order valence-electron chi connectivity index (χ4n) is 2.20. The monoisotopic (exact) mass is 237 g/mol. The molecule has 5 heteroatoms. The third-order valence-corrected chi connectivity index (χ3v) is 3.57. The van der Waals surface area contributed by atoms with E-state index in [2.05, 4.69) is 15.5 Å². The molecular weight excluding hydrogens is 218 g/mol. The van der Waals surface area contributed by atoms with Crippen LogP contribution in [-0.4, -0.2) is 23.3 Å². The van der Waals surface area contributed by atoms with Gasteiger partial charge in [-0.15, -0.1) is 0 Å². The lowest BCUT2D eigenvalue weighted by Crippen LogP contribution is -2.22. The average molecular weight is 237 g/mol. The number of aromatic nitrogens is 2. The second kappa shape index (κ2) is 4.38. The molecule has 1 N–H and O–H groups in total. The molecule has 17 heavy (non-hydrogen) atoms. The minimum absolute atomic E-state index is 0.335. The zero-order valence-electron chi connectivity index (χ0n) is 10.2. The van der Waals surface area contributed by atoms with Crippen LogP contribution in [0.3, 0.4) is 0 Å². The molecule has 1 aromatic heterocycles. The predicted molar refractivity (Wildman–Crippen MR) is 61.3 cm³/mol. The molecule has 2 fully saturated rings. The van der Waals surface area contributed by atoms with E-state index in [9.17, 15) is 0 Å². The second-order valence-electron chi connectivity index (χ2n) is 5.27. The number of rotatable bonds is 5. The van der Waals surface area contributed by atoms with Crippen molar-refractivity contribution in [3.63, 3.8) is 0 Å². The van der Waals surface area contributed by atoms with Crippen molar-refractivity contribution in [3.8, 4) is 0 Å². The Hall–Kier alpha value is -0.940. The number of nitrogens with zero attached hydrogens (tertiary/aromatic N) is 2. The molecule has 2 heterocycles. The molecule has 0 amide bonds. The molecular formula is C12H19N3O2. The van der Waals surface area contributed by atoms with Crippen LogP contribution in [0.4, 0.5) is 0 Å². The zero-order chi connectivity index (χ0) is 11.7. The fraction of sp³-hybridized carbons (Fsp3) is 0.833. The van der Waals surface area contributed by atoms with E-state index < -0.39 is 0 Å². The van der Waals surface area contributed by atoms with Crippen LogP contribution in [-0.2, 0) is 16.9 Å². The van der Waals surface area contributed by atoms with Crippen molar-refractivity contribution >= 4 is 0 Å². The summed E-state index contributed by atoms with van der Waals surface area (Å²) in [5, 5.41) is 7.38. The van der Waals surface area contributed by atoms with Crippen LogP contribution in [0, 0.1) is 5.92 Å². The third kappa shape index (κ3) is 2.50. The minimum atomic E-state index is -0.335. The summed E-state index contributed by atoms with van der Waals surface area (Å²) >= 11 is 0. The molecule has 1 saturated carbocycles. The summed E-state index contributed by atoms with van der Waals surface area (Å²) in [6.07, 6.45) is 4.75. The van der Waals surface area contributed by atoms with E-state index in [0.717, 1.165) is 31.9 Å². The lowest BCUT2D eigenvalue weighted by atomic mass is 10.0. The lowest BCUT2D eigenvalue weighted by molar-refractivity contribution is 0.00768. The molecule has 1 aliphatic heterocycles. The molecule has 0 radical (unpaired) electrons. The molecule has 2 aliphatic rings. The van der Waals surface area contributed by atoms with E-state index in [1.807, 2.05) is 6.92 Å². The highest BCUT2D eigenvalue weighted by molar-refractivity contribution is 5.01. The quantitative estimate of drug-likeness (QED) is 0.842. The van der Waals surface area contributed by atoms with Gasteiger partial charge in [-0.3, -0.25) is 0 Å². The molecule has 1 aromatic rings. The maximum atomic E-state index is 5.69. The van der Waals surface area contributed by atoms with Gasteiger partial charge in [0.2, 0.25) is 11.7 Å². The van der Waals surface area contributed by atoms with Gasteiger partial charge < -0.3 is 14.6 Å². The first-order valence-electron chi connectivity index (χ1n) is 6.44. The predicted octanol–water partition coefficient (Wildman–Crippen LogP) is 1.59. The Morgan fingerprint density at radius 3 is 3.06 bits per heavy atom. The van der Waals surface area contributed by atoms with E-state index in [4.69, 9.17) is 9.26 Å². The van der Waals surface area contributed by atoms with Gasteiger partial charge in [-0.05, 0) is 45.1 Å². The van der Waals surface area contributed by atoms with E-state index in [1.54, 1.807) is 0 Å². The van der Waals surface area contributed by atoms with Crippen LogP contribution in [0.2, 0.25) is 0 Å². The first-order valence-corrected chi connectivity index (χ1v) is 6.44. The Kier molecular flexibility index (Phi) is 2.88. The summed E-state index contributed by atoms with van der Waals surface area (Å²) in [4.78, 5) is 4.42. The van der Waals surface area contributed by atoms with Crippen LogP contribution >= 0.6 is 0 Å². The number of nitrogens with one attached hydrogen (secondary N) is 1. The minimum Gasteiger partial charge on any atom is -0.367 e. The van der Waals surface area contributed by atoms with Crippen molar-refractivity contribution in [1.29, 1.82) is 0 Å². The van der Waals surface area contributed by atoms with Gasteiger partial charge in [0.15, 0.2) is 0 Å². The molecule has 1 saturated heterocycles. The second-order valence-corrected chi connectivity index (χ2v) is 5.27. The Bertz CT molecular complexity index is 381. The van der Waals surface area contributed by atoms with Crippen molar-refractivity contribution in [1.82, 2.24) is 15.5 Å². The van der Waals surface area contributed by atoms with Gasteiger partial charge in [-0.1, -0.05) is 5.16 Å². The molecule has 5 nitrogen and oxygen atoms in total. The summed E-state index contributed by atoms with van der Waals surface area (Å²) in [6.45, 7) is 4.55. The van der Waals surface area contributed by atoms with Crippen LogP contribution in [0.15, 0.2) is 4.52 Å². The van der Waals surface area contributed by atoms with Crippen molar-refractivity contribution < 1.29 is 9.26 Å². The maximum absolute atomic E-state index is 5.69. The molecule has 1 aliphatic carbocycles. The number of hydrogen-bond acceptors (Lipinski definition) is 5. The number of ether oxygens (including phenoxy) is 1. The Labute approximate surface area is 101 Å². The lowest BCUT2D eigenvalue weighted by Gasteiger charge is -2.17. The molecule has 94 valence electrons. The van der Waals surface area contributed by atoms with Crippen molar-refractivity contribution in [2.24, 2.45) is 5.92 Å². The van der Waals surface area contributed by atoms with Gasteiger partial charge in [0.1, 0.15) is 5.60 Å². The molecule has 1 unspecified atom stereocenters. The first kappa shape index (κ1) is 11.2. The third-order valence-electron chi connectivity index (χ3n) is 3.57. The molecule has 1 atom stereocenters. The summed E-state index contributed by atoms with van der Waals surface area (Å²) in [7, 11) is 0. The highest BCUT2D eigenvalue weighted by atomic mass is 16.5. The first-order chi connectivity index (χ1) is 8.26. The highest BCUT2D eigenvalue weighted by Gasteiger charge is 2.36.